The molecule has 0 unspecified atom stereocenters. The monoisotopic (exact) mass is 382 g/mol. The van der Waals surface area contributed by atoms with E-state index in [0.717, 1.165) is 38.4 Å². The molecule has 1 saturated heterocycles. The Balaban J connectivity index is 0.00000109. The summed E-state index contributed by atoms with van der Waals surface area (Å²) in [7, 11) is 0. The summed E-state index contributed by atoms with van der Waals surface area (Å²) in [6.45, 7) is 6.53. The average Bonchev–Trinajstić information content (AvgIpc) is 2.66. The number of halogens is 2. The lowest BCUT2D eigenvalue weighted by molar-refractivity contribution is 0.0699. The van der Waals surface area contributed by atoms with Gasteiger partial charge in [-0.25, -0.2) is 9.97 Å². The van der Waals surface area contributed by atoms with Gasteiger partial charge in [0, 0.05) is 31.5 Å². The van der Waals surface area contributed by atoms with Crippen LogP contribution in [0.5, 0.6) is 0 Å². The van der Waals surface area contributed by atoms with Gasteiger partial charge < -0.3 is 15.8 Å². The molecule has 3 rings (SSSR count). The van der Waals surface area contributed by atoms with Crippen LogP contribution in [-0.4, -0.2) is 29.7 Å². The van der Waals surface area contributed by atoms with E-state index in [1.54, 1.807) is 6.07 Å². The van der Waals surface area contributed by atoms with Crippen LogP contribution in [0.1, 0.15) is 26.7 Å². The Morgan fingerprint density at radius 3 is 2.64 bits per heavy atom. The van der Waals surface area contributed by atoms with Crippen LogP contribution in [0.25, 0.3) is 11.3 Å². The number of nitrogens with one attached hydrogen (secondary N) is 1. The molecule has 0 bridgehead atoms. The number of nitrogen functional groups attached to an aromatic ring is 1. The summed E-state index contributed by atoms with van der Waals surface area (Å²) in [5, 5.41) is 4.36. The molecule has 1 aliphatic rings. The number of hydrogen-bond acceptors (Lipinski definition) is 5. The van der Waals surface area contributed by atoms with E-state index >= 15 is 0 Å². The van der Waals surface area contributed by atoms with Crippen LogP contribution in [0, 0.1) is 5.92 Å². The minimum atomic E-state index is 0.378. The standard InChI is InChI=1S/C16H18Cl2N4O.C2H6/c17-12-1-2-15(21-8-10-3-5-23-6-4-10)22-16(12)11-7-14(19)20-9-13(11)18;1-2/h1-2,7,9-10H,3-6,8H2,(H2,19,20)(H,21,22);1-2H3. The predicted molar refractivity (Wildman–Crippen MR) is 105 cm³/mol. The zero-order valence-corrected chi connectivity index (χ0v) is 16.1. The molecule has 1 aliphatic heterocycles. The number of nitrogens with two attached hydrogens (primary N) is 1. The van der Waals surface area contributed by atoms with Gasteiger partial charge in [-0.2, -0.15) is 0 Å². The highest BCUT2D eigenvalue weighted by Gasteiger charge is 2.15. The Labute approximate surface area is 158 Å². The Morgan fingerprint density at radius 1 is 1.20 bits per heavy atom. The van der Waals surface area contributed by atoms with E-state index in [1.165, 1.54) is 6.20 Å². The van der Waals surface area contributed by atoms with Crippen molar-refractivity contribution in [3.05, 3.63) is 34.4 Å². The molecule has 0 spiro atoms. The number of pyridine rings is 2. The fourth-order valence-electron chi connectivity index (χ4n) is 2.57. The van der Waals surface area contributed by atoms with E-state index in [1.807, 2.05) is 26.0 Å². The van der Waals surface area contributed by atoms with Crippen molar-refractivity contribution in [2.45, 2.75) is 26.7 Å². The molecule has 0 radical (unpaired) electrons. The van der Waals surface area contributed by atoms with E-state index in [4.69, 9.17) is 33.7 Å². The molecule has 0 atom stereocenters. The summed E-state index contributed by atoms with van der Waals surface area (Å²) in [5.41, 5.74) is 7.02. The third-order valence-electron chi connectivity index (χ3n) is 3.89. The molecule has 0 saturated carbocycles. The van der Waals surface area contributed by atoms with Crippen molar-refractivity contribution in [3.63, 3.8) is 0 Å². The summed E-state index contributed by atoms with van der Waals surface area (Å²) in [6, 6.07) is 5.35. The molecule has 3 heterocycles. The first-order valence-electron chi connectivity index (χ1n) is 8.53. The van der Waals surface area contributed by atoms with Crippen LogP contribution in [0.3, 0.4) is 0 Å². The molecule has 2 aromatic heterocycles. The zero-order chi connectivity index (χ0) is 18.2. The summed E-state index contributed by atoms with van der Waals surface area (Å²) >= 11 is 12.5. The third-order valence-corrected chi connectivity index (χ3v) is 4.50. The first-order valence-corrected chi connectivity index (χ1v) is 9.28. The third kappa shape index (κ3) is 5.46. The summed E-state index contributed by atoms with van der Waals surface area (Å²) in [4.78, 5) is 8.55. The lowest BCUT2D eigenvalue weighted by Crippen LogP contribution is -2.22. The largest absolute Gasteiger partial charge is 0.384 e. The van der Waals surface area contributed by atoms with Crippen molar-refractivity contribution in [3.8, 4) is 11.3 Å². The molecular weight excluding hydrogens is 359 g/mol. The van der Waals surface area contributed by atoms with Gasteiger partial charge in [0.05, 0.1) is 15.7 Å². The van der Waals surface area contributed by atoms with Gasteiger partial charge in [0.2, 0.25) is 0 Å². The normalized spacial score (nSPS) is 14.6. The second-order valence-electron chi connectivity index (χ2n) is 5.55. The maximum atomic E-state index is 6.28. The minimum Gasteiger partial charge on any atom is -0.384 e. The van der Waals surface area contributed by atoms with Crippen LogP contribution in [0.15, 0.2) is 24.4 Å². The van der Waals surface area contributed by atoms with Crippen molar-refractivity contribution in [2.75, 3.05) is 30.8 Å². The van der Waals surface area contributed by atoms with Gasteiger partial charge in [0.1, 0.15) is 11.6 Å². The Bertz CT molecular complexity index is 691. The van der Waals surface area contributed by atoms with E-state index in [9.17, 15) is 0 Å². The molecule has 0 aliphatic carbocycles. The highest BCUT2D eigenvalue weighted by atomic mass is 35.5. The number of hydrogen-bond donors (Lipinski definition) is 2. The van der Waals surface area contributed by atoms with Crippen molar-refractivity contribution < 1.29 is 4.74 Å². The minimum absolute atomic E-state index is 0.378. The molecule has 0 aromatic carbocycles. The highest BCUT2D eigenvalue weighted by molar-refractivity contribution is 6.36. The van der Waals surface area contributed by atoms with E-state index in [0.29, 0.717) is 33.0 Å². The van der Waals surface area contributed by atoms with Crippen LogP contribution in [-0.2, 0) is 4.74 Å². The number of nitrogens with zero attached hydrogens (tertiary/aromatic N) is 2. The van der Waals surface area contributed by atoms with Crippen molar-refractivity contribution >= 4 is 34.8 Å². The van der Waals surface area contributed by atoms with Gasteiger partial charge in [-0.15, -0.1) is 0 Å². The number of aromatic nitrogens is 2. The molecule has 0 amide bonds. The maximum absolute atomic E-state index is 6.28. The molecule has 25 heavy (non-hydrogen) atoms. The predicted octanol–water partition coefficient (Wildman–Crippen LogP) is 4.90. The molecule has 5 nitrogen and oxygen atoms in total. The lowest BCUT2D eigenvalue weighted by atomic mass is 10.0. The van der Waals surface area contributed by atoms with E-state index in [-0.39, 0.29) is 0 Å². The average molecular weight is 383 g/mol. The molecular formula is C18H24Cl2N4O. The fourth-order valence-corrected chi connectivity index (χ4v) is 2.97. The smallest absolute Gasteiger partial charge is 0.126 e. The molecule has 1 fully saturated rings. The van der Waals surface area contributed by atoms with E-state index < -0.39 is 0 Å². The molecule has 3 N–H and O–H groups in total. The van der Waals surface area contributed by atoms with Crippen molar-refractivity contribution in [1.29, 1.82) is 0 Å². The summed E-state index contributed by atoms with van der Waals surface area (Å²) in [5.74, 6) is 1.75. The number of anilines is 2. The first kappa shape index (κ1) is 19.8. The molecule has 2 aromatic rings. The van der Waals surface area contributed by atoms with E-state index in [2.05, 4.69) is 15.3 Å². The van der Waals surface area contributed by atoms with Gasteiger partial charge in [0.25, 0.3) is 0 Å². The van der Waals surface area contributed by atoms with Crippen LogP contribution >= 0.6 is 23.2 Å². The molecule has 7 heteroatoms. The highest BCUT2D eigenvalue weighted by Crippen LogP contribution is 2.33. The Hall–Kier alpha value is -1.56. The molecule has 136 valence electrons. The SMILES string of the molecule is CC.Nc1cc(-c2nc(NCC3CCOCC3)ccc2Cl)c(Cl)cn1. The summed E-state index contributed by atoms with van der Waals surface area (Å²) < 4.78 is 5.38. The topological polar surface area (TPSA) is 73.1 Å². The second-order valence-corrected chi connectivity index (χ2v) is 6.37. The van der Waals surface area contributed by atoms with Crippen molar-refractivity contribution in [2.24, 2.45) is 5.92 Å². The number of rotatable bonds is 4. The van der Waals surface area contributed by atoms with Crippen molar-refractivity contribution in [1.82, 2.24) is 9.97 Å². The van der Waals surface area contributed by atoms with Gasteiger partial charge in [0.15, 0.2) is 0 Å². The quantitative estimate of drug-likeness (QED) is 0.786. The fraction of sp³-hybridized carbons (Fsp3) is 0.444. The van der Waals surface area contributed by atoms with Crippen LogP contribution in [0.4, 0.5) is 11.6 Å². The van der Waals surface area contributed by atoms with Crippen LogP contribution < -0.4 is 11.1 Å². The first-order chi connectivity index (χ1) is 12.1. The van der Waals surface area contributed by atoms with Gasteiger partial charge in [-0.1, -0.05) is 37.0 Å². The zero-order valence-electron chi connectivity index (χ0n) is 14.6. The van der Waals surface area contributed by atoms with Gasteiger partial charge in [-0.05, 0) is 37.0 Å². The Kier molecular flexibility index (Phi) is 7.75. The van der Waals surface area contributed by atoms with Crippen LogP contribution in [0.2, 0.25) is 10.0 Å². The number of ether oxygens (including phenoxy) is 1. The maximum Gasteiger partial charge on any atom is 0.126 e. The lowest BCUT2D eigenvalue weighted by Gasteiger charge is -2.22. The second kappa shape index (κ2) is 9.80. The summed E-state index contributed by atoms with van der Waals surface area (Å²) in [6.07, 6.45) is 3.65. The van der Waals surface area contributed by atoms with Gasteiger partial charge in [-0.3, -0.25) is 0 Å². The Morgan fingerprint density at radius 2 is 1.92 bits per heavy atom. The van der Waals surface area contributed by atoms with Gasteiger partial charge >= 0.3 is 0 Å².